The number of benzene rings is 2. The van der Waals surface area contributed by atoms with E-state index in [1.165, 1.54) is 5.56 Å². The van der Waals surface area contributed by atoms with Gasteiger partial charge in [-0.3, -0.25) is 4.79 Å². The zero-order valence-corrected chi connectivity index (χ0v) is 10.2. The third kappa shape index (κ3) is 2.88. The summed E-state index contributed by atoms with van der Waals surface area (Å²) in [6, 6.07) is 14.9. The average molecular weight is 241 g/mol. The Bertz CT molecular complexity index is 564. The summed E-state index contributed by atoms with van der Waals surface area (Å²) in [5.41, 5.74) is 7.99. The van der Waals surface area contributed by atoms with E-state index in [1.54, 1.807) is 18.2 Å². The molecule has 0 spiro atoms. The molecule has 2 N–H and O–H groups in total. The van der Waals surface area contributed by atoms with Gasteiger partial charge in [0.2, 0.25) is 5.91 Å². The van der Waals surface area contributed by atoms with Crippen molar-refractivity contribution in [3.63, 3.8) is 0 Å². The van der Waals surface area contributed by atoms with Crippen LogP contribution in [0.5, 0.6) is 5.75 Å². The summed E-state index contributed by atoms with van der Waals surface area (Å²) in [5, 5.41) is 0. The van der Waals surface area contributed by atoms with Crippen molar-refractivity contribution >= 4 is 5.91 Å². The van der Waals surface area contributed by atoms with E-state index in [4.69, 9.17) is 10.5 Å². The predicted molar refractivity (Wildman–Crippen MR) is 70.5 cm³/mol. The van der Waals surface area contributed by atoms with Crippen LogP contribution in [-0.4, -0.2) is 5.91 Å². The van der Waals surface area contributed by atoms with Crippen LogP contribution < -0.4 is 10.5 Å². The maximum atomic E-state index is 11.0. The zero-order chi connectivity index (χ0) is 13.0. The number of amides is 1. The van der Waals surface area contributed by atoms with Crippen LogP contribution >= 0.6 is 0 Å². The maximum Gasteiger partial charge on any atom is 0.248 e. The summed E-state index contributed by atoms with van der Waals surface area (Å²) in [7, 11) is 0. The van der Waals surface area contributed by atoms with Gasteiger partial charge in [0.05, 0.1) is 0 Å². The number of aryl methyl sites for hydroxylation is 1. The average Bonchev–Trinajstić information content (AvgIpc) is 2.38. The molecule has 0 atom stereocenters. The van der Waals surface area contributed by atoms with Crippen LogP contribution in [0, 0.1) is 6.92 Å². The van der Waals surface area contributed by atoms with Gasteiger partial charge in [0.15, 0.2) is 0 Å². The highest BCUT2D eigenvalue weighted by Crippen LogP contribution is 2.16. The molecule has 2 aromatic carbocycles. The Kier molecular flexibility index (Phi) is 3.63. The summed E-state index contributed by atoms with van der Waals surface area (Å²) in [6.07, 6.45) is 0. The van der Waals surface area contributed by atoms with Gasteiger partial charge in [-0.15, -0.1) is 0 Å². The van der Waals surface area contributed by atoms with Gasteiger partial charge < -0.3 is 10.5 Å². The quantitative estimate of drug-likeness (QED) is 0.894. The first-order valence-electron chi connectivity index (χ1n) is 5.74. The molecule has 0 bridgehead atoms. The van der Waals surface area contributed by atoms with E-state index in [9.17, 15) is 4.79 Å². The summed E-state index contributed by atoms with van der Waals surface area (Å²) < 4.78 is 5.66. The minimum Gasteiger partial charge on any atom is -0.489 e. The first-order chi connectivity index (χ1) is 8.66. The summed E-state index contributed by atoms with van der Waals surface area (Å²) in [5.74, 6) is 0.200. The fourth-order valence-corrected chi connectivity index (χ4v) is 1.67. The molecule has 0 aromatic heterocycles. The van der Waals surface area contributed by atoms with E-state index in [1.807, 2.05) is 37.3 Å². The molecule has 0 fully saturated rings. The zero-order valence-electron chi connectivity index (χ0n) is 10.2. The normalized spacial score (nSPS) is 10.1. The smallest absolute Gasteiger partial charge is 0.248 e. The van der Waals surface area contributed by atoms with E-state index in [0.717, 1.165) is 5.56 Å². The Morgan fingerprint density at radius 1 is 1.17 bits per heavy atom. The molecule has 0 heterocycles. The molecule has 0 saturated carbocycles. The number of hydrogen-bond donors (Lipinski definition) is 1. The molecule has 18 heavy (non-hydrogen) atoms. The summed E-state index contributed by atoms with van der Waals surface area (Å²) in [6.45, 7) is 2.52. The van der Waals surface area contributed by atoms with E-state index in [2.05, 4.69) is 0 Å². The van der Waals surface area contributed by atoms with Gasteiger partial charge in [0.1, 0.15) is 12.4 Å². The van der Waals surface area contributed by atoms with Crippen molar-refractivity contribution < 1.29 is 9.53 Å². The molecule has 0 radical (unpaired) electrons. The number of primary amides is 1. The summed E-state index contributed by atoms with van der Waals surface area (Å²) in [4.78, 5) is 11.0. The fraction of sp³-hybridized carbons (Fsp3) is 0.133. The van der Waals surface area contributed by atoms with Gasteiger partial charge in [-0.05, 0) is 36.2 Å². The first-order valence-corrected chi connectivity index (χ1v) is 5.74. The highest BCUT2D eigenvalue weighted by molar-refractivity contribution is 5.93. The molecule has 0 aliphatic rings. The van der Waals surface area contributed by atoms with Crippen molar-refractivity contribution in [3.05, 3.63) is 65.2 Å². The molecule has 0 aliphatic heterocycles. The van der Waals surface area contributed by atoms with Crippen molar-refractivity contribution in [2.24, 2.45) is 5.73 Å². The Hall–Kier alpha value is -2.29. The molecule has 3 heteroatoms. The van der Waals surface area contributed by atoms with Gasteiger partial charge in [0, 0.05) is 5.56 Å². The van der Waals surface area contributed by atoms with E-state index in [0.29, 0.717) is 17.9 Å². The topological polar surface area (TPSA) is 52.3 Å². The van der Waals surface area contributed by atoms with Crippen LogP contribution in [0.3, 0.4) is 0 Å². The number of nitrogens with two attached hydrogens (primary N) is 1. The van der Waals surface area contributed by atoms with Crippen molar-refractivity contribution in [1.82, 2.24) is 0 Å². The molecule has 2 rings (SSSR count). The molecule has 0 aliphatic carbocycles. The van der Waals surface area contributed by atoms with Crippen LogP contribution in [0.25, 0.3) is 0 Å². The second-order valence-corrected chi connectivity index (χ2v) is 4.11. The van der Waals surface area contributed by atoms with Crippen LogP contribution in [0.2, 0.25) is 0 Å². The van der Waals surface area contributed by atoms with Crippen LogP contribution in [-0.2, 0) is 6.61 Å². The van der Waals surface area contributed by atoms with Crippen molar-refractivity contribution in [2.75, 3.05) is 0 Å². The number of carbonyl (C=O) groups is 1. The lowest BCUT2D eigenvalue weighted by Gasteiger charge is -2.09. The monoisotopic (exact) mass is 241 g/mol. The molecule has 92 valence electrons. The van der Waals surface area contributed by atoms with Crippen molar-refractivity contribution in [3.8, 4) is 5.75 Å². The Labute approximate surface area is 106 Å². The number of ether oxygens (including phenoxy) is 1. The molecule has 2 aromatic rings. The van der Waals surface area contributed by atoms with Crippen LogP contribution in [0.1, 0.15) is 21.5 Å². The lowest BCUT2D eigenvalue weighted by atomic mass is 10.1. The standard InChI is InChI=1S/C15H15NO2/c1-11-5-2-3-6-13(11)10-18-14-8-4-7-12(9-14)15(16)17/h2-9H,10H2,1H3,(H2,16,17). The molecule has 1 amide bonds. The summed E-state index contributed by atoms with van der Waals surface area (Å²) >= 11 is 0. The minimum absolute atomic E-state index is 0.448. The van der Waals surface area contributed by atoms with E-state index in [-0.39, 0.29) is 0 Å². The first kappa shape index (κ1) is 12.2. The van der Waals surface area contributed by atoms with Gasteiger partial charge in [0.25, 0.3) is 0 Å². The third-order valence-electron chi connectivity index (χ3n) is 2.77. The lowest BCUT2D eigenvalue weighted by Crippen LogP contribution is -2.10. The second kappa shape index (κ2) is 5.36. The Morgan fingerprint density at radius 2 is 1.94 bits per heavy atom. The van der Waals surface area contributed by atoms with Crippen LogP contribution in [0.4, 0.5) is 0 Å². The number of rotatable bonds is 4. The van der Waals surface area contributed by atoms with Gasteiger partial charge in [-0.1, -0.05) is 30.3 Å². The van der Waals surface area contributed by atoms with Gasteiger partial charge in [-0.25, -0.2) is 0 Å². The van der Waals surface area contributed by atoms with Gasteiger partial charge in [-0.2, -0.15) is 0 Å². The highest BCUT2D eigenvalue weighted by Gasteiger charge is 2.03. The highest BCUT2D eigenvalue weighted by atomic mass is 16.5. The van der Waals surface area contributed by atoms with Gasteiger partial charge >= 0.3 is 0 Å². The Balaban J connectivity index is 2.09. The van der Waals surface area contributed by atoms with E-state index >= 15 is 0 Å². The minimum atomic E-state index is -0.448. The molecular weight excluding hydrogens is 226 g/mol. The molecular formula is C15H15NO2. The van der Waals surface area contributed by atoms with Crippen LogP contribution in [0.15, 0.2) is 48.5 Å². The molecule has 0 saturated heterocycles. The molecule has 0 unspecified atom stereocenters. The maximum absolute atomic E-state index is 11.0. The fourth-order valence-electron chi connectivity index (χ4n) is 1.67. The second-order valence-electron chi connectivity index (χ2n) is 4.11. The van der Waals surface area contributed by atoms with Crippen molar-refractivity contribution in [2.45, 2.75) is 13.5 Å². The van der Waals surface area contributed by atoms with Crippen molar-refractivity contribution in [1.29, 1.82) is 0 Å². The number of hydrogen-bond acceptors (Lipinski definition) is 2. The lowest BCUT2D eigenvalue weighted by molar-refractivity contribution is 0.1000. The third-order valence-corrected chi connectivity index (χ3v) is 2.77. The predicted octanol–water partition coefficient (Wildman–Crippen LogP) is 2.67. The van der Waals surface area contributed by atoms with E-state index < -0.39 is 5.91 Å². The number of carbonyl (C=O) groups excluding carboxylic acids is 1. The largest absolute Gasteiger partial charge is 0.489 e. The Morgan fingerprint density at radius 3 is 2.67 bits per heavy atom. The molecule has 3 nitrogen and oxygen atoms in total. The SMILES string of the molecule is Cc1ccccc1COc1cccc(C(N)=O)c1.